The molecule has 88 valence electrons. The average molecular weight is 251 g/mol. The number of esters is 1. The lowest BCUT2D eigenvalue weighted by Gasteiger charge is -2.14. The number of halogens is 1. The van der Waals surface area contributed by atoms with E-state index in [1.807, 2.05) is 6.07 Å². The average Bonchev–Trinajstić information content (AvgIpc) is 2.36. The van der Waals surface area contributed by atoms with Gasteiger partial charge < -0.3 is 4.74 Å². The van der Waals surface area contributed by atoms with Gasteiger partial charge in [-0.1, -0.05) is 29.8 Å². The molecule has 1 aromatic carbocycles. The lowest BCUT2D eigenvalue weighted by Crippen LogP contribution is -2.13. The van der Waals surface area contributed by atoms with Crippen molar-refractivity contribution in [3.8, 4) is 0 Å². The van der Waals surface area contributed by atoms with Gasteiger partial charge in [0, 0.05) is 12.8 Å². The van der Waals surface area contributed by atoms with E-state index in [0.717, 1.165) is 0 Å². The summed E-state index contributed by atoms with van der Waals surface area (Å²) >= 11 is 5.82. The highest BCUT2D eigenvalue weighted by Crippen LogP contribution is 2.26. The van der Waals surface area contributed by atoms with Crippen molar-refractivity contribution in [1.29, 1.82) is 0 Å². The fourth-order valence-corrected chi connectivity index (χ4v) is 1.85. The summed E-state index contributed by atoms with van der Waals surface area (Å²) in [5, 5.41) is 0.0560. The molecule has 3 nitrogen and oxygen atoms in total. The lowest BCUT2D eigenvalue weighted by molar-refractivity contribution is -0.115. The van der Waals surface area contributed by atoms with E-state index in [1.54, 1.807) is 24.3 Å². The first-order chi connectivity index (χ1) is 8.18. The number of allylic oxidation sites excluding steroid dienone is 2. The summed E-state index contributed by atoms with van der Waals surface area (Å²) in [6.45, 7) is 0. The molecule has 0 spiro atoms. The molecule has 2 rings (SSSR count). The zero-order valence-corrected chi connectivity index (χ0v) is 9.87. The van der Waals surface area contributed by atoms with E-state index in [1.165, 1.54) is 0 Å². The van der Waals surface area contributed by atoms with Gasteiger partial charge in [0.2, 0.25) is 0 Å². The zero-order valence-electron chi connectivity index (χ0n) is 9.11. The molecule has 4 heteroatoms. The van der Waals surface area contributed by atoms with Crippen LogP contribution < -0.4 is 0 Å². The maximum absolute atomic E-state index is 11.7. The molecule has 0 fully saturated rings. The number of carbonyl (C=O) groups excluding carboxylic acids is 2. The van der Waals surface area contributed by atoms with Gasteiger partial charge in [-0.25, -0.2) is 4.79 Å². The van der Waals surface area contributed by atoms with Gasteiger partial charge >= 0.3 is 5.97 Å². The van der Waals surface area contributed by atoms with E-state index in [4.69, 9.17) is 16.3 Å². The predicted molar refractivity (Wildman–Crippen MR) is 63.6 cm³/mol. The Kier molecular flexibility index (Phi) is 3.59. The fourth-order valence-electron chi connectivity index (χ4n) is 1.63. The largest absolute Gasteiger partial charge is 0.426 e. The van der Waals surface area contributed by atoms with E-state index in [-0.39, 0.29) is 16.6 Å². The molecule has 1 aliphatic rings. The van der Waals surface area contributed by atoms with Crippen molar-refractivity contribution in [2.45, 2.75) is 19.3 Å². The van der Waals surface area contributed by atoms with Crippen LogP contribution in [0.5, 0.6) is 0 Å². The number of rotatable bonds is 2. The van der Waals surface area contributed by atoms with E-state index in [9.17, 15) is 9.59 Å². The van der Waals surface area contributed by atoms with E-state index in [0.29, 0.717) is 24.8 Å². The molecule has 1 aliphatic carbocycles. The third-order valence-electron chi connectivity index (χ3n) is 2.52. The van der Waals surface area contributed by atoms with Gasteiger partial charge in [-0.3, -0.25) is 4.79 Å². The predicted octanol–water partition coefficient (Wildman–Crippen LogP) is 3.05. The maximum atomic E-state index is 11.7. The monoisotopic (exact) mass is 250 g/mol. The Balaban J connectivity index is 2.14. The first-order valence-corrected chi connectivity index (χ1v) is 5.75. The van der Waals surface area contributed by atoms with Gasteiger partial charge in [-0.15, -0.1) is 0 Å². The normalized spacial score (nSPS) is 15.9. The Morgan fingerprint density at radius 3 is 2.59 bits per heavy atom. The summed E-state index contributed by atoms with van der Waals surface area (Å²) in [6.07, 6.45) is 1.63. The third kappa shape index (κ3) is 2.74. The molecule has 0 unspecified atom stereocenters. The smallest absolute Gasteiger partial charge is 0.343 e. The highest BCUT2D eigenvalue weighted by atomic mass is 35.5. The van der Waals surface area contributed by atoms with Crippen molar-refractivity contribution in [2.75, 3.05) is 0 Å². The second-order valence-electron chi connectivity index (χ2n) is 3.77. The second-order valence-corrected chi connectivity index (χ2v) is 4.15. The van der Waals surface area contributed by atoms with Crippen LogP contribution in [-0.2, 0) is 9.53 Å². The Labute approximate surface area is 104 Å². The van der Waals surface area contributed by atoms with Gasteiger partial charge in [0.1, 0.15) is 10.8 Å². The number of carbonyl (C=O) groups is 2. The van der Waals surface area contributed by atoms with Crippen LogP contribution in [0.15, 0.2) is 41.1 Å². The van der Waals surface area contributed by atoms with E-state index in [2.05, 4.69) is 0 Å². The van der Waals surface area contributed by atoms with Crippen LogP contribution in [0.3, 0.4) is 0 Å². The van der Waals surface area contributed by atoms with Gasteiger partial charge in [0.25, 0.3) is 0 Å². The van der Waals surface area contributed by atoms with Crippen LogP contribution in [-0.4, -0.2) is 11.8 Å². The van der Waals surface area contributed by atoms with Crippen LogP contribution in [0.2, 0.25) is 0 Å². The van der Waals surface area contributed by atoms with Crippen molar-refractivity contribution < 1.29 is 14.3 Å². The van der Waals surface area contributed by atoms with Crippen molar-refractivity contribution in [1.82, 2.24) is 0 Å². The molecule has 0 bridgehead atoms. The van der Waals surface area contributed by atoms with Crippen LogP contribution in [0.1, 0.15) is 29.6 Å². The molecule has 0 radical (unpaired) electrons. The Morgan fingerprint density at radius 1 is 1.18 bits per heavy atom. The fraction of sp³-hybridized carbons (Fsp3) is 0.231. The van der Waals surface area contributed by atoms with Crippen LogP contribution >= 0.6 is 11.6 Å². The van der Waals surface area contributed by atoms with Gasteiger partial charge in [0.15, 0.2) is 5.78 Å². The number of ketones is 1. The molecule has 0 heterocycles. The molecule has 0 N–H and O–H groups in total. The topological polar surface area (TPSA) is 43.4 Å². The Bertz CT molecular complexity index is 477. The van der Waals surface area contributed by atoms with Crippen LogP contribution in [0.4, 0.5) is 0 Å². The molecule has 0 atom stereocenters. The number of hydrogen-bond acceptors (Lipinski definition) is 3. The first kappa shape index (κ1) is 11.9. The molecule has 0 amide bonds. The summed E-state index contributed by atoms with van der Waals surface area (Å²) in [6, 6.07) is 8.62. The number of benzene rings is 1. The van der Waals surface area contributed by atoms with Gasteiger partial charge in [0.05, 0.1) is 5.56 Å². The minimum Gasteiger partial charge on any atom is -0.426 e. The lowest BCUT2D eigenvalue weighted by atomic mass is 10.0. The van der Waals surface area contributed by atoms with E-state index < -0.39 is 5.97 Å². The third-order valence-corrected chi connectivity index (χ3v) is 2.94. The quantitative estimate of drug-likeness (QED) is 0.758. The zero-order chi connectivity index (χ0) is 12.3. The summed E-state index contributed by atoms with van der Waals surface area (Å²) < 4.78 is 5.15. The van der Waals surface area contributed by atoms with Crippen molar-refractivity contribution in [3.63, 3.8) is 0 Å². The Hall–Kier alpha value is -1.61. The van der Waals surface area contributed by atoms with Crippen molar-refractivity contribution in [2.24, 2.45) is 0 Å². The summed E-state index contributed by atoms with van der Waals surface area (Å²) in [5.41, 5.74) is 0.447. The molecular formula is C13H11ClO3. The minimum atomic E-state index is -0.478. The summed E-state index contributed by atoms with van der Waals surface area (Å²) in [7, 11) is 0. The van der Waals surface area contributed by atoms with Gasteiger partial charge in [-0.2, -0.15) is 0 Å². The SMILES string of the molecule is O=C1CCCC(OC(=O)c2ccccc2)=C1Cl. The molecule has 0 saturated carbocycles. The van der Waals surface area contributed by atoms with Crippen LogP contribution in [0.25, 0.3) is 0 Å². The maximum Gasteiger partial charge on any atom is 0.343 e. The summed E-state index contributed by atoms with van der Waals surface area (Å²) in [4.78, 5) is 23.1. The second kappa shape index (κ2) is 5.15. The number of hydrogen-bond donors (Lipinski definition) is 0. The highest BCUT2D eigenvalue weighted by molar-refractivity contribution is 6.43. The molecule has 1 aromatic rings. The van der Waals surface area contributed by atoms with Crippen molar-refractivity contribution in [3.05, 3.63) is 46.7 Å². The van der Waals surface area contributed by atoms with Gasteiger partial charge in [-0.05, 0) is 18.6 Å². The first-order valence-electron chi connectivity index (χ1n) is 5.37. The number of Topliss-reactive ketones (excluding diaryl/α,β-unsaturated/α-hetero) is 1. The molecule has 0 aliphatic heterocycles. The Morgan fingerprint density at radius 2 is 1.88 bits per heavy atom. The van der Waals surface area contributed by atoms with Crippen LogP contribution in [0, 0.1) is 0 Å². The van der Waals surface area contributed by atoms with Crippen molar-refractivity contribution >= 4 is 23.4 Å². The highest BCUT2D eigenvalue weighted by Gasteiger charge is 2.22. The molecule has 0 aromatic heterocycles. The molecule has 17 heavy (non-hydrogen) atoms. The molecular weight excluding hydrogens is 240 g/mol. The molecule has 0 saturated heterocycles. The summed E-state index contributed by atoms with van der Waals surface area (Å²) in [5.74, 6) is -0.348. The van der Waals surface area contributed by atoms with E-state index >= 15 is 0 Å². The minimum absolute atomic E-state index is 0.0560. The number of ether oxygens (including phenoxy) is 1. The standard InChI is InChI=1S/C13H11ClO3/c14-12-10(15)7-4-8-11(12)17-13(16)9-5-2-1-3-6-9/h1-3,5-6H,4,7-8H2.